The number of hydrogen-bond acceptors (Lipinski definition) is 5. The Morgan fingerprint density at radius 2 is 2.12 bits per heavy atom. The zero-order valence-electron chi connectivity index (χ0n) is 20.9. The highest BCUT2D eigenvalue weighted by Gasteiger charge is 2.16. The van der Waals surface area contributed by atoms with Crippen LogP contribution in [0.25, 0.3) is 26.8 Å². The lowest BCUT2D eigenvalue weighted by Gasteiger charge is -2.06. The predicted octanol–water partition coefficient (Wildman–Crippen LogP) is 3.70. The first-order valence-electron chi connectivity index (χ1n) is 12.2. The number of pyridine rings is 1. The van der Waals surface area contributed by atoms with E-state index in [1.165, 1.54) is 16.0 Å². The first-order chi connectivity index (χ1) is 16.7. The molecule has 4 aromatic heterocycles. The number of aromatic amines is 1. The average Bonchev–Trinajstić information content (AvgIpc) is 3.46. The fraction of sp³-hybridized carbons (Fsp3) is 0.423. The molecule has 4 heterocycles. The lowest BCUT2D eigenvalue weighted by atomic mass is 10.0. The standard InChI is InChI=1S/C24H30N6OS.C2H6/c1-4-16(19-13-28-22-18(19)7-6-9-27-22)8-10-26-11-12-30-15-29-23-21(24(30)31)17(5-2)20(32-23)14-25-3;1-2/h6-9,13,15,25-26H,4-5,10-12,14H2,1-3H3,(H,27,28);1-2H3/p+1/b16-8+;. The predicted molar refractivity (Wildman–Crippen MR) is 143 cm³/mol. The Kier molecular flexibility index (Phi) is 9.56. The second kappa shape index (κ2) is 12.6. The summed E-state index contributed by atoms with van der Waals surface area (Å²) in [6.07, 6.45) is 9.63. The summed E-state index contributed by atoms with van der Waals surface area (Å²) in [6.45, 7) is 11.4. The zero-order chi connectivity index (χ0) is 24.5. The van der Waals surface area contributed by atoms with Crippen molar-refractivity contribution < 1.29 is 5.32 Å². The normalized spacial score (nSPS) is 11.7. The van der Waals surface area contributed by atoms with Crippen LogP contribution in [0.5, 0.6) is 0 Å². The molecule has 7 nitrogen and oxygen atoms in total. The van der Waals surface area contributed by atoms with Crippen molar-refractivity contribution in [1.82, 2.24) is 24.8 Å². The third kappa shape index (κ3) is 5.46. The van der Waals surface area contributed by atoms with Crippen LogP contribution in [-0.4, -0.2) is 39.7 Å². The average molecular weight is 482 g/mol. The molecule has 0 bridgehead atoms. The monoisotopic (exact) mass is 481 g/mol. The van der Waals surface area contributed by atoms with E-state index in [0.29, 0.717) is 6.54 Å². The van der Waals surface area contributed by atoms with Gasteiger partial charge in [-0.15, -0.1) is 11.3 Å². The fourth-order valence-electron chi connectivity index (χ4n) is 4.20. The number of rotatable bonds is 10. The summed E-state index contributed by atoms with van der Waals surface area (Å²) in [5, 5.41) is 7.39. The third-order valence-electron chi connectivity index (χ3n) is 5.84. The maximum Gasteiger partial charge on any atom is 0.262 e. The van der Waals surface area contributed by atoms with Gasteiger partial charge in [-0.25, -0.2) is 9.97 Å². The Labute approximate surface area is 205 Å². The number of aryl methyl sites for hydroxylation is 1. The Hall–Kier alpha value is -2.81. The molecule has 4 N–H and O–H groups in total. The van der Waals surface area contributed by atoms with Gasteiger partial charge in [0.25, 0.3) is 5.56 Å². The molecule has 0 fully saturated rings. The Bertz CT molecular complexity index is 1300. The fourth-order valence-corrected chi connectivity index (χ4v) is 5.44. The Balaban J connectivity index is 0.00000158. The smallest absolute Gasteiger partial charge is 0.262 e. The number of nitrogens with zero attached hydrogens (tertiary/aromatic N) is 3. The van der Waals surface area contributed by atoms with Gasteiger partial charge < -0.3 is 15.6 Å². The molecule has 0 amide bonds. The van der Waals surface area contributed by atoms with E-state index in [2.05, 4.69) is 51.6 Å². The summed E-state index contributed by atoms with van der Waals surface area (Å²) < 4.78 is 1.75. The highest BCUT2D eigenvalue weighted by molar-refractivity contribution is 7.18. The number of quaternary nitrogens is 1. The van der Waals surface area contributed by atoms with Gasteiger partial charge in [-0.05, 0) is 49.2 Å². The van der Waals surface area contributed by atoms with E-state index >= 15 is 0 Å². The molecular weight excluding hydrogens is 444 g/mol. The van der Waals surface area contributed by atoms with Crippen LogP contribution in [0.3, 0.4) is 0 Å². The number of nitrogens with two attached hydrogens (primary N) is 1. The van der Waals surface area contributed by atoms with Crippen molar-refractivity contribution in [3.05, 3.63) is 63.3 Å². The van der Waals surface area contributed by atoms with E-state index in [-0.39, 0.29) is 5.56 Å². The molecule has 0 saturated heterocycles. The van der Waals surface area contributed by atoms with Gasteiger partial charge in [0.1, 0.15) is 10.5 Å². The van der Waals surface area contributed by atoms with Gasteiger partial charge >= 0.3 is 0 Å². The van der Waals surface area contributed by atoms with Gasteiger partial charge in [-0.3, -0.25) is 9.36 Å². The van der Waals surface area contributed by atoms with Crippen LogP contribution < -0.4 is 16.2 Å². The third-order valence-corrected chi connectivity index (χ3v) is 6.98. The number of hydrogen-bond donors (Lipinski definition) is 3. The lowest BCUT2D eigenvalue weighted by Crippen LogP contribution is -2.84. The van der Waals surface area contributed by atoms with Gasteiger partial charge in [-0.1, -0.05) is 27.7 Å². The van der Waals surface area contributed by atoms with Gasteiger partial charge in [0, 0.05) is 34.8 Å². The van der Waals surface area contributed by atoms with Crippen molar-refractivity contribution in [3.63, 3.8) is 0 Å². The molecule has 0 aliphatic carbocycles. The Morgan fingerprint density at radius 3 is 2.85 bits per heavy atom. The Morgan fingerprint density at radius 1 is 1.29 bits per heavy atom. The van der Waals surface area contributed by atoms with E-state index in [1.807, 2.05) is 33.2 Å². The van der Waals surface area contributed by atoms with Crippen LogP contribution >= 0.6 is 11.3 Å². The van der Waals surface area contributed by atoms with Crippen molar-refractivity contribution in [3.8, 4) is 0 Å². The summed E-state index contributed by atoms with van der Waals surface area (Å²) in [5.41, 5.74) is 4.67. The van der Waals surface area contributed by atoms with Crippen molar-refractivity contribution in [1.29, 1.82) is 0 Å². The van der Waals surface area contributed by atoms with Crippen LogP contribution in [0.2, 0.25) is 0 Å². The van der Waals surface area contributed by atoms with Crippen LogP contribution in [0.4, 0.5) is 0 Å². The van der Waals surface area contributed by atoms with Gasteiger partial charge in [-0.2, -0.15) is 0 Å². The SMILES string of the molecule is CC.CC/C(=C\C[NH2+]CCn1cnc2sc(CNC)c(CC)c2c1=O)c1c[nH]c2ncccc12. The lowest BCUT2D eigenvalue weighted by molar-refractivity contribution is -0.646. The molecule has 0 radical (unpaired) electrons. The molecule has 4 aromatic rings. The summed E-state index contributed by atoms with van der Waals surface area (Å²) in [7, 11) is 1.93. The number of nitrogens with one attached hydrogen (secondary N) is 2. The second-order valence-corrected chi connectivity index (χ2v) is 8.89. The molecule has 8 heteroatoms. The van der Waals surface area contributed by atoms with E-state index in [4.69, 9.17) is 0 Å². The summed E-state index contributed by atoms with van der Waals surface area (Å²) in [6, 6.07) is 4.08. The molecule has 0 aliphatic rings. The molecule has 0 unspecified atom stereocenters. The molecule has 0 aromatic carbocycles. The zero-order valence-corrected chi connectivity index (χ0v) is 21.8. The summed E-state index contributed by atoms with van der Waals surface area (Å²) in [4.78, 5) is 27.4. The van der Waals surface area contributed by atoms with Gasteiger partial charge in [0.05, 0.1) is 31.3 Å². The molecule has 4 rings (SSSR count). The van der Waals surface area contributed by atoms with E-state index in [0.717, 1.165) is 59.3 Å². The first-order valence-corrected chi connectivity index (χ1v) is 13.1. The quantitative estimate of drug-likeness (QED) is 0.301. The number of aromatic nitrogens is 4. The van der Waals surface area contributed by atoms with Crippen molar-refractivity contribution in [2.45, 2.75) is 53.6 Å². The van der Waals surface area contributed by atoms with E-state index in [1.54, 1.807) is 28.4 Å². The number of fused-ring (bicyclic) bond motifs is 2. The number of H-pyrrole nitrogens is 1. The van der Waals surface area contributed by atoms with Gasteiger partial charge in [0.15, 0.2) is 0 Å². The summed E-state index contributed by atoms with van der Waals surface area (Å²) in [5.74, 6) is 0. The van der Waals surface area contributed by atoms with Crippen molar-refractivity contribution in [2.75, 3.05) is 20.1 Å². The van der Waals surface area contributed by atoms with E-state index in [9.17, 15) is 4.79 Å². The first kappa shape index (κ1) is 25.8. The molecule has 0 atom stereocenters. The maximum atomic E-state index is 13.1. The van der Waals surface area contributed by atoms with Crippen LogP contribution in [-0.2, 0) is 19.5 Å². The highest BCUT2D eigenvalue weighted by atomic mass is 32.1. The molecule has 182 valence electrons. The molecule has 34 heavy (non-hydrogen) atoms. The minimum absolute atomic E-state index is 0.0786. The summed E-state index contributed by atoms with van der Waals surface area (Å²) >= 11 is 1.62. The number of allylic oxidation sites excluding steroid dienone is 1. The minimum Gasteiger partial charge on any atom is -0.346 e. The molecular formula is C26H37N6OS+. The molecule has 0 saturated carbocycles. The van der Waals surface area contributed by atoms with E-state index < -0.39 is 0 Å². The maximum absolute atomic E-state index is 13.1. The largest absolute Gasteiger partial charge is 0.346 e. The van der Waals surface area contributed by atoms with Crippen molar-refractivity contribution >= 4 is 38.2 Å². The van der Waals surface area contributed by atoms with Crippen LogP contribution in [0.15, 0.2) is 41.7 Å². The number of thiophene rings is 1. The molecule has 0 aliphatic heterocycles. The highest BCUT2D eigenvalue weighted by Crippen LogP contribution is 2.28. The molecule has 0 spiro atoms. The van der Waals surface area contributed by atoms with Crippen LogP contribution in [0, 0.1) is 0 Å². The van der Waals surface area contributed by atoms with Crippen molar-refractivity contribution in [2.24, 2.45) is 0 Å². The topological polar surface area (TPSA) is 92.2 Å². The van der Waals surface area contributed by atoms with Gasteiger partial charge in [0.2, 0.25) is 0 Å². The second-order valence-electron chi connectivity index (χ2n) is 7.81. The van der Waals surface area contributed by atoms with Crippen LogP contribution in [0.1, 0.15) is 50.1 Å². The minimum atomic E-state index is 0.0786.